The molecule has 0 saturated heterocycles. The zero-order valence-corrected chi connectivity index (χ0v) is 45.8. The fourth-order valence-corrected chi connectivity index (χ4v) is 10.6. The second-order valence-electron chi connectivity index (χ2n) is 24.7. The number of hydrogen-bond donors (Lipinski definition) is 0. The Hall–Kier alpha value is -7.11. The maximum atomic E-state index is 8.99. The SMILES string of the molecule is [2H]C([2H])([2H])c1cc(C(C)(C)C)cc(-c2cc(C(C)(C)C)cc(C(C)(C)C)c2)c1CCCN1CN(c2cccc(COc3ccc4c5ccccc5n(-c5cc(C(C)(C)C)ccn5)c4c3)c2)c2cc(-c3ccccc3)ccc21. The van der Waals surface area contributed by atoms with Crippen LogP contribution in [0.5, 0.6) is 5.75 Å². The van der Waals surface area contributed by atoms with Crippen molar-refractivity contribution in [3.8, 4) is 33.8 Å². The van der Waals surface area contributed by atoms with Gasteiger partial charge in [-0.25, -0.2) is 4.98 Å². The molecular formula is C69H76N4O. The van der Waals surface area contributed by atoms with Crippen LogP contribution in [0.4, 0.5) is 17.1 Å². The first-order valence-electron chi connectivity index (χ1n) is 28.1. The Morgan fingerprint density at radius 3 is 1.95 bits per heavy atom. The van der Waals surface area contributed by atoms with Crippen molar-refractivity contribution in [1.82, 2.24) is 9.55 Å². The van der Waals surface area contributed by atoms with Crippen LogP contribution in [0.2, 0.25) is 0 Å². The lowest BCUT2D eigenvalue weighted by molar-refractivity contribution is 0.306. The van der Waals surface area contributed by atoms with Gasteiger partial charge in [0.1, 0.15) is 18.2 Å². The van der Waals surface area contributed by atoms with Crippen LogP contribution in [0.15, 0.2) is 164 Å². The van der Waals surface area contributed by atoms with Crippen molar-refractivity contribution < 1.29 is 8.85 Å². The minimum absolute atomic E-state index is 0.0206. The molecule has 0 radical (unpaired) electrons. The Balaban J connectivity index is 0.965. The number of benzene rings is 7. The third-order valence-corrected chi connectivity index (χ3v) is 15.1. The van der Waals surface area contributed by atoms with E-state index < -0.39 is 6.85 Å². The number of aromatic nitrogens is 2. The summed E-state index contributed by atoms with van der Waals surface area (Å²) in [5.41, 5.74) is 16.7. The molecular weight excluding hydrogens is 901 g/mol. The molecule has 7 aromatic carbocycles. The van der Waals surface area contributed by atoms with Crippen LogP contribution in [0.3, 0.4) is 0 Å². The molecule has 0 saturated carbocycles. The molecule has 0 unspecified atom stereocenters. The summed E-state index contributed by atoms with van der Waals surface area (Å²) < 4.78 is 35.9. The average molecular weight is 980 g/mol. The second kappa shape index (κ2) is 19.3. The summed E-state index contributed by atoms with van der Waals surface area (Å²) in [6, 6.07) is 56.6. The van der Waals surface area contributed by atoms with E-state index in [1.165, 1.54) is 22.1 Å². The molecule has 5 heteroatoms. The lowest BCUT2D eigenvalue weighted by atomic mass is 9.77. The van der Waals surface area contributed by atoms with Crippen molar-refractivity contribution in [3.05, 3.63) is 203 Å². The maximum Gasteiger partial charge on any atom is 0.137 e. The summed E-state index contributed by atoms with van der Waals surface area (Å²) in [6.45, 7) is 26.3. The van der Waals surface area contributed by atoms with Gasteiger partial charge in [-0.1, -0.05) is 180 Å². The van der Waals surface area contributed by atoms with E-state index in [4.69, 9.17) is 13.8 Å². The molecule has 378 valence electrons. The number of anilines is 3. The largest absolute Gasteiger partial charge is 0.489 e. The summed E-state index contributed by atoms with van der Waals surface area (Å²) in [7, 11) is 0. The van der Waals surface area contributed by atoms with Gasteiger partial charge in [0, 0.05) is 39.4 Å². The van der Waals surface area contributed by atoms with Gasteiger partial charge in [-0.3, -0.25) is 4.57 Å². The number of fused-ring (bicyclic) bond motifs is 4. The van der Waals surface area contributed by atoms with Crippen molar-refractivity contribution in [3.63, 3.8) is 0 Å². The van der Waals surface area contributed by atoms with Gasteiger partial charge in [0.15, 0.2) is 0 Å². The van der Waals surface area contributed by atoms with E-state index in [-0.39, 0.29) is 21.7 Å². The molecule has 0 N–H and O–H groups in total. The normalized spacial score (nSPS) is 14.1. The molecule has 5 nitrogen and oxygen atoms in total. The topological polar surface area (TPSA) is 33.5 Å². The molecule has 9 aromatic rings. The molecule has 0 fully saturated rings. The Morgan fingerprint density at radius 1 is 0.541 bits per heavy atom. The summed E-state index contributed by atoms with van der Waals surface area (Å²) >= 11 is 0. The summed E-state index contributed by atoms with van der Waals surface area (Å²) in [5.74, 6) is 1.68. The molecule has 2 aromatic heterocycles. The van der Waals surface area contributed by atoms with E-state index in [9.17, 15) is 0 Å². The predicted molar refractivity (Wildman–Crippen MR) is 315 cm³/mol. The van der Waals surface area contributed by atoms with E-state index in [1.54, 1.807) is 0 Å². The van der Waals surface area contributed by atoms with Crippen LogP contribution < -0.4 is 14.5 Å². The van der Waals surface area contributed by atoms with Crippen LogP contribution >= 0.6 is 0 Å². The van der Waals surface area contributed by atoms with Crippen molar-refractivity contribution in [2.24, 2.45) is 0 Å². The number of aryl methyl sites for hydroxylation is 1. The lowest BCUT2D eigenvalue weighted by Gasteiger charge is -2.28. The molecule has 3 heterocycles. The van der Waals surface area contributed by atoms with Gasteiger partial charge in [-0.2, -0.15) is 0 Å². The van der Waals surface area contributed by atoms with Crippen LogP contribution in [0.25, 0.3) is 49.9 Å². The summed E-state index contributed by atoms with van der Waals surface area (Å²) in [6.07, 6.45) is 3.30. The zero-order valence-electron chi connectivity index (χ0n) is 48.8. The quantitative estimate of drug-likeness (QED) is 0.129. The van der Waals surface area contributed by atoms with Crippen LogP contribution in [-0.2, 0) is 34.7 Å². The van der Waals surface area contributed by atoms with E-state index in [0.29, 0.717) is 25.3 Å². The van der Waals surface area contributed by atoms with Gasteiger partial charge < -0.3 is 14.5 Å². The Morgan fingerprint density at radius 2 is 1.23 bits per heavy atom. The minimum atomic E-state index is -2.29. The van der Waals surface area contributed by atoms with Crippen LogP contribution in [-0.4, -0.2) is 22.8 Å². The van der Waals surface area contributed by atoms with Gasteiger partial charge in [-0.05, 0) is 157 Å². The Bertz CT molecular complexity index is 3600. The van der Waals surface area contributed by atoms with E-state index in [1.807, 2.05) is 12.3 Å². The van der Waals surface area contributed by atoms with E-state index in [2.05, 4.69) is 249 Å². The number of hydrogen-bond acceptors (Lipinski definition) is 4. The van der Waals surface area contributed by atoms with Gasteiger partial charge in [0.05, 0.1) is 29.1 Å². The minimum Gasteiger partial charge on any atom is -0.489 e. The molecule has 74 heavy (non-hydrogen) atoms. The van der Waals surface area contributed by atoms with Gasteiger partial charge in [0.25, 0.3) is 0 Å². The predicted octanol–water partition coefficient (Wildman–Crippen LogP) is 18.1. The first-order valence-corrected chi connectivity index (χ1v) is 26.6. The molecule has 0 aliphatic carbocycles. The number of nitrogens with zero attached hydrogens (tertiary/aromatic N) is 4. The maximum absolute atomic E-state index is 8.99. The van der Waals surface area contributed by atoms with E-state index >= 15 is 0 Å². The highest BCUT2D eigenvalue weighted by atomic mass is 16.5. The molecule has 0 spiro atoms. The molecule has 1 aliphatic rings. The highest BCUT2D eigenvalue weighted by Gasteiger charge is 2.29. The van der Waals surface area contributed by atoms with Crippen molar-refractivity contribution in [1.29, 1.82) is 0 Å². The molecule has 0 bridgehead atoms. The molecule has 0 amide bonds. The smallest absolute Gasteiger partial charge is 0.137 e. The number of ether oxygens (including phenoxy) is 1. The average Bonchev–Trinajstić information content (AvgIpc) is 4.02. The Labute approximate surface area is 446 Å². The zero-order chi connectivity index (χ0) is 54.8. The Kier molecular flexibility index (Phi) is 12.2. The van der Waals surface area contributed by atoms with Crippen molar-refractivity contribution in [2.45, 2.75) is 131 Å². The van der Waals surface area contributed by atoms with Crippen molar-refractivity contribution >= 4 is 38.9 Å². The first kappa shape index (κ1) is 46.7. The van der Waals surface area contributed by atoms with E-state index in [0.717, 1.165) is 97.0 Å². The second-order valence-corrected chi connectivity index (χ2v) is 24.7. The third-order valence-electron chi connectivity index (χ3n) is 15.1. The fraction of sp³-hybridized carbons (Fsp3) is 0.319. The number of pyridine rings is 1. The highest BCUT2D eigenvalue weighted by molar-refractivity contribution is 6.09. The molecule has 10 rings (SSSR count). The first-order chi connectivity index (χ1) is 36.3. The molecule has 1 aliphatic heterocycles. The van der Waals surface area contributed by atoms with Gasteiger partial charge in [0.2, 0.25) is 0 Å². The summed E-state index contributed by atoms with van der Waals surface area (Å²) in [5, 5.41) is 2.33. The standard InChI is InChI=1S/C69H76N4O/c1-46-35-52(67(5,6)7)41-60(50-37-53(68(8,9)10)40-54(38-50)69(11,12)13)57(46)26-20-34-71-45-72(64-39-49(28-31-62(64)71)48-22-15-14-16-23-48)55-24-19-21-47(36-55)44-74-56-29-30-59-58-25-17-18-27-61(58)73(63(59)43-56)65-42-51(32-33-70-65)66(2,3)4/h14-19,21-25,27-33,35-43H,20,26,34,44-45H2,1-13H3/i1D3. The lowest BCUT2D eigenvalue weighted by Crippen LogP contribution is -2.29. The van der Waals surface area contributed by atoms with Crippen LogP contribution in [0.1, 0.15) is 133 Å². The monoisotopic (exact) mass is 980 g/mol. The van der Waals surface area contributed by atoms with Crippen molar-refractivity contribution in [2.75, 3.05) is 23.0 Å². The molecule has 0 atom stereocenters. The number of rotatable bonds is 11. The van der Waals surface area contributed by atoms with Gasteiger partial charge >= 0.3 is 0 Å². The third kappa shape index (κ3) is 10.2. The number of para-hydroxylation sites is 1. The highest BCUT2D eigenvalue weighted by Crippen LogP contribution is 2.45. The van der Waals surface area contributed by atoms with Gasteiger partial charge in [-0.15, -0.1) is 0 Å². The van der Waals surface area contributed by atoms with Crippen LogP contribution in [0, 0.1) is 6.85 Å². The fourth-order valence-electron chi connectivity index (χ4n) is 10.6. The summed E-state index contributed by atoms with van der Waals surface area (Å²) in [4.78, 5) is 9.77.